The first kappa shape index (κ1) is 24.1. The van der Waals surface area contributed by atoms with Crippen molar-refractivity contribution in [1.82, 2.24) is 23.9 Å². The van der Waals surface area contributed by atoms with Gasteiger partial charge in [0, 0.05) is 50.2 Å². The van der Waals surface area contributed by atoms with Gasteiger partial charge in [0.05, 0.1) is 15.7 Å². The first-order chi connectivity index (χ1) is 16.8. The molecule has 1 aliphatic rings. The van der Waals surface area contributed by atoms with E-state index in [2.05, 4.69) is 15.4 Å². The predicted molar refractivity (Wildman–Crippen MR) is 140 cm³/mol. The minimum atomic E-state index is -3.80. The molecule has 0 amide bonds. The van der Waals surface area contributed by atoms with E-state index in [1.165, 1.54) is 10.4 Å². The molecule has 1 saturated heterocycles. The van der Waals surface area contributed by atoms with Crippen LogP contribution in [0.4, 0.5) is 5.82 Å². The lowest BCUT2D eigenvalue weighted by molar-refractivity contribution is 0.313. The fourth-order valence-electron chi connectivity index (χ4n) is 4.35. The quantitative estimate of drug-likeness (QED) is 0.387. The van der Waals surface area contributed by atoms with Crippen LogP contribution in [0.15, 0.2) is 59.9 Å². The van der Waals surface area contributed by atoms with Crippen molar-refractivity contribution in [2.45, 2.75) is 30.2 Å². The third-order valence-electron chi connectivity index (χ3n) is 6.20. The Morgan fingerprint density at radius 3 is 2.83 bits per heavy atom. The summed E-state index contributed by atoms with van der Waals surface area (Å²) in [4.78, 5) is 9.07. The summed E-state index contributed by atoms with van der Waals surface area (Å²) >= 11 is 12.3. The van der Waals surface area contributed by atoms with Gasteiger partial charge in [-0.2, -0.15) is 13.9 Å². The van der Waals surface area contributed by atoms with Crippen molar-refractivity contribution in [2.75, 3.05) is 18.4 Å². The minimum absolute atomic E-state index is 0.0289. The Kier molecular flexibility index (Phi) is 6.72. The number of hydrogen-bond donors (Lipinski definition) is 1. The molecular formula is C23H23BCl2N6O2S. The molecule has 1 atom stereocenters. The van der Waals surface area contributed by atoms with Gasteiger partial charge in [-0.1, -0.05) is 35.3 Å². The number of fused-ring (bicyclic) bond motifs is 1. The predicted octanol–water partition coefficient (Wildman–Crippen LogP) is 2.87. The highest BCUT2D eigenvalue weighted by atomic mass is 35.5. The second kappa shape index (κ2) is 9.77. The van der Waals surface area contributed by atoms with Crippen LogP contribution in [0.5, 0.6) is 0 Å². The molecule has 1 unspecified atom stereocenters. The van der Waals surface area contributed by atoms with E-state index >= 15 is 0 Å². The topological polar surface area (TPSA) is 92.5 Å². The lowest BCUT2D eigenvalue weighted by Crippen LogP contribution is -2.39. The fourth-order valence-corrected chi connectivity index (χ4v) is 6.61. The summed E-state index contributed by atoms with van der Waals surface area (Å²) in [5.74, 6) is 0.717. The molecule has 0 bridgehead atoms. The number of aromatic nitrogens is 4. The number of piperidine rings is 1. The molecular weight excluding hydrogens is 506 g/mol. The second-order valence-electron chi connectivity index (χ2n) is 8.60. The fraction of sp³-hybridized carbons (Fsp3) is 0.261. The van der Waals surface area contributed by atoms with Gasteiger partial charge in [-0.15, -0.1) is 0 Å². The number of sulfonamides is 1. The van der Waals surface area contributed by atoms with Crippen LogP contribution in [-0.4, -0.2) is 53.2 Å². The molecule has 180 valence electrons. The smallest absolute Gasteiger partial charge is 0.244 e. The molecule has 0 saturated carbocycles. The highest BCUT2D eigenvalue weighted by molar-refractivity contribution is 7.89. The van der Waals surface area contributed by atoms with Gasteiger partial charge in [-0.3, -0.25) is 4.98 Å². The maximum Gasteiger partial charge on any atom is 0.244 e. The summed E-state index contributed by atoms with van der Waals surface area (Å²) in [7, 11) is -1.84. The highest BCUT2D eigenvalue weighted by Crippen LogP contribution is 2.35. The van der Waals surface area contributed by atoms with Gasteiger partial charge in [0.2, 0.25) is 10.0 Å². The molecule has 0 radical (unpaired) electrons. The van der Waals surface area contributed by atoms with Gasteiger partial charge in [0.1, 0.15) is 18.6 Å². The number of benzene rings is 1. The van der Waals surface area contributed by atoms with Crippen LogP contribution in [0.1, 0.15) is 30.0 Å². The molecule has 0 aliphatic carbocycles. The molecule has 5 rings (SSSR count). The first-order valence-corrected chi connectivity index (χ1v) is 13.5. The summed E-state index contributed by atoms with van der Waals surface area (Å²) in [5.41, 5.74) is 3.56. The molecule has 12 heteroatoms. The number of nitrogens with zero attached hydrogens (tertiary/aromatic N) is 5. The average molecular weight is 529 g/mol. The SMILES string of the molecule is Bc1cnn2c(NCc3cccnc3)cc(C3CCCN(S(=O)(=O)c4cccc(Cl)c4Cl)C3)nc12. The number of rotatable bonds is 6. The van der Waals surface area contributed by atoms with Crippen LogP contribution in [0.25, 0.3) is 5.65 Å². The summed E-state index contributed by atoms with van der Waals surface area (Å²) in [6.45, 7) is 1.30. The number of nitrogens with one attached hydrogen (secondary N) is 1. The number of pyridine rings is 1. The van der Waals surface area contributed by atoms with E-state index in [1.54, 1.807) is 29.0 Å². The molecule has 1 aliphatic heterocycles. The van der Waals surface area contributed by atoms with Crippen LogP contribution in [0, 0.1) is 0 Å². The van der Waals surface area contributed by atoms with Gasteiger partial charge in [0.15, 0.2) is 5.65 Å². The zero-order chi connectivity index (χ0) is 24.6. The molecule has 4 heterocycles. The molecule has 4 aromatic rings. The van der Waals surface area contributed by atoms with E-state index < -0.39 is 10.0 Å². The summed E-state index contributed by atoms with van der Waals surface area (Å²) < 4.78 is 30.1. The van der Waals surface area contributed by atoms with Gasteiger partial charge >= 0.3 is 0 Å². The Hall–Kier alpha value is -2.66. The van der Waals surface area contributed by atoms with Gasteiger partial charge in [0.25, 0.3) is 0 Å². The number of hydrogen-bond acceptors (Lipinski definition) is 6. The molecule has 8 nitrogen and oxygen atoms in total. The van der Waals surface area contributed by atoms with E-state index in [4.69, 9.17) is 28.2 Å². The maximum absolute atomic E-state index is 13.4. The van der Waals surface area contributed by atoms with E-state index in [0.717, 1.165) is 34.6 Å². The third kappa shape index (κ3) is 4.75. The average Bonchev–Trinajstić information content (AvgIpc) is 3.25. The molecule has 35 heavy (non-hydrogen) atoms. The van der Waals surface area contributed by atoms with Crippen LogP contribution in [-0.2, 0) is 16.6 Å². The van der Waals surface area contributed by atoms with Crippen LogP contribution >= 0.6 is 23.2 Å². The second-order valence-corrected chi connectivity index (χ2v) is 11.3. The van der Waals surface area contributed by atoms with Crippen molar-refractivity contribution in [3.05, 3.63) is 76.3 Å². The monoisotopic (exact) mass is 528 g/mol. The lowest BCUT2D eigenvalue weighted by Gasteiger charge is -2.32. The van der Waals surface area contributed by atoms with Crippen molar-refractivity contribution in [3.63, 3.8) is 0 Å². The number of halogens is 2. The van der Waals surface area contributed by atoms with Crippen molar-refractivity contribution in [2.24, 2.45) is 0 Å². The minimum Gasteiger partial charge on any atom is -0.366 e. The first-order valence-electron chi connectivity index (χ1n) is 11.3. The summed E-state index contributed by atoms with van der Waals surface area (Å²) in [5, 5.41) is 8.17. The molecule has 1 N–H and O–H groups in total. The van der Waals surface area contributed by atoms with Crippen LogP contribution in [0.3, 0.4) is 0 Å². The van der Waals surface area contributed by atoms with Crippen molar-refractivity contribution >= 4 is 58.0 Å². The van der Waals surface area contributed by atoms with Gasteiger partial charge in [-0.05, 0) is 42.1 Å². The largest absolute Gasteiger partial charge is 0.366 e. The van der Waals surface area contributed by atoms with E-state index in [-0.39, 0.29) is 20.9 Å². The van der Waals surface area contributed by atoms with Crippen LogP contribution < -0.4 is 10.8 Å². The van der Waals surface area contributed by atoms with E-state index in [1.807, 2.05) is 32.2 Å². The Balaban J connectivity index is 1.45. The molecule has 1 aromatic carbocycles. The van der Waals surface area contributed by atoms with Crippen molar-refractivity contribution < 1.29 is 8.42 Å². The summed E-state index contributed by atoms with van der Waals surface area (Å²) in [6, 6.07) is 10.5. The van der Waals surface area contributed by atoms with Crippen molar-refractivity contribution in [1.29, 1.82) is 0 Å². The van der Waals surface area contributed by atoms with Crippen LogP contribution in [0.2, 0.25) is 10.0 Å². The third-order valence-corrected chi connectivity index (χ3v) is 9.04. The zero-order valence-electron chi connectivity index (χ0n) is 19.0. The normalized spacial score (nSPS) is 17.0. The highest BCUT2D eigenvalue weighted by Gasteiger charge is 2.33. The maximum atomic E-state index is 13.4. The zero-order valence-corrected chi connectivity index (χ0v) is 21.4. The Morgan fingerprint density at radius 2 is 2.03 bits per heavy atom. The van der Waals surface area contributed by atoms with Gasteiger partial charge in [-0.25, -0.2) is 13.4 Å². The molecule has 1 fully saturated rings. The van der Waals surface area contributed by atoms with Gasteiger partial charge < -0.3 is 5.32 Å². The Labute approximate surface area is 214 Å². The number of anilines is 1. The Morgan fingerprint density at radius 1 is 1.17 bits per heavy atom. The summed E-state index contributed by atoms with van der Waals surface area (Å²) in [6.07, 6.45) is 6.87. The lowest BCUT2D eigenvalue weighted by atomic mass is 9.95. The van der Waals surface area contributed by atoms with E-state index in [9.17, 15) is 8.42 Å². The van der Waals surface area contributed by atoms with Crippen molar-refractivity contribution in [3.8, 4) is 0 Å². The Bertz CT molecular complexity index is 1480. The molecule has 0 spiro atoms. The standard InChI is InChI=1S/C23H23BCl2N6O2S/c24-17-13-29-32-21(28-12-15-4-2-8-27-11-15)10-19(30-23(17)32)16-5-3-9-31(14-16)35(33,34)20-7-1-6-18(25)22(20)26/h1-2,4,6-8,10-11,13,16,28H,3,5,9,12,14,24H2. The molecule has 3 aromatic heterocycles. The van der Waals surface area contributed by atoms with E-state index in [0.29, 0.717) is 26.1 Å².